The van der Waals surface area contributed by atoms with Crippen LogP contribution < -0.4 is 10.2 Å². The lowest BCUT2D eigenvalue weighted by molar-refractivity contribution is -0.136. The van der Waals surface area contributed by atoms with Gasteiger partial charge in [-0.3, -0.25) is 14.6 Å². The van der Waals surface area contributed by atoms with Gasteiger partial charge in [-0.1, -0.05) is 0 Å². The molecule has 3 fully saturated rings. The van der Waals surface area contributed by atoms with Crippen LogP contribution in [-0.4, -0.2) is 64.6 Å². The van der Waals surface area contributed by atoms with Gasteiger partial charge in [0.25, 0.3) is 5.91 Å². The Morgan fingerprint density at radius 2 is 2.06 bits per heavy atom. The number of nitrogens with zero attached hydrogens (tertiary/aromatic N) is 5. The highest BCUT2D eigenvalue weighted by molar-refractivity contribution is 5.95. The second-order valence-corrected chi connectivity index (χ2v) is 9.84. The highest BCUT2D eigenvalue weighted by Gasteiger charge is 2.55. The summed E-state index contributed by atoms with van der Waals surface area (Å²) in [5.74, 6) is 1.76. The van der Waals surface area contributed by atoms with Crippen molar-refractivity contribution in [2.45, 2.75) is 25.7 Å². The zero-order valence-corrected chi connectivity index (χ0v) is 19.0. The molecule has 1 N–H and O–H groups in total. The fraction of sp³-hybridized carbons (Fsp3) is 0.480. The van der Waals surface area contributed by atoms with Crippen molar-refractivity contribution in [3.8, 4) is 0 Å². The van der Waals surface area contributed by atoms with Crippen LogP contribution in [0.2, 0.25) is 0 Å². The standard InChI is InChI=1S/C25H28N6O3/c32-23(20-12-17-3-8-26-15-21(17)34-20)27-14-19-13-25(19)5-10-30(11-6-25)24(33)18-4-9-31(16-18)22-2-1-7-28-29-22/h1-3,7-8,12,15,18-19H,4-6,9-11,13-14,16H2,(H,27,32). The van der Waals surface area contributed by atoms with E-state index in [1.54, 1.807) is 24.7 Å². The summed E-state index contributed by atoms with van der Waals surface area (Å²) in [5, 5.41) is 12.0. The molecule has 2 atom stereocenters. The van der Waals surface area contributed by atoms with Crippen LogP contribution in [-0.2, 0) is 4.79 Å². The van der Waals surface area contributed by atoms with Gasteiger partial charge in [0, 0.05) is 50.5 Å². The third-order valence-electron chi connectivity index (χ3n) is 7.91. The largest absolute Gasteiger partial charge is 0.449 e. The summed E-state index contributed by atoms with van der Waals surface area (Å²) in [7, 11) is 0. The number of pyridine rings is 1. The van der Waals surface area contributed by atoms with E-state index in [-0.39, 0.29) is 23.1 Å². The maximum Gasteiger partial charge on any atom is 0.287 e. The number of hydrogen-bond donors (Lipinski definition) is 1. The van der Waals surface area contributed by atoms with Crippen LogP contribution in [0.4, 0.5) is 5.82 Å². The Bertz CT molecular complexity index is 1170. The molecular weight excluding hydrogens is 432 g/mol. The average molecular weight is 461 g/mol. The van der Waals surface area contributed by atoms with E-state index in [1.165, 1.54) is 0 Å². The first-order valence-electron chi connectivity index (χ1n) is 12.0. The molecule has 6 rings (SSSR count). The topological polar surface area (TPSA) is 104 Å². The molecule has 2 saturated heterocycles. The average Bonchev–Trinajstić information content (AvgIpc) is 3.24. The van der Waals surface area contributed by atoms with Crippen molar-refractivity contribution in [2.75, 3.05) is 37.6 Å². The number of likely N-dealkylation sites (tertiary alicyclic amines) is 1. The number of carbonyl (C=O) groups is 2. The van der Waals surface area contributed by atoms with Crippen molar-refractivity contribution < 1.29 is 14.0 Å². The van der Waals surface area contributed by atoms with Gasteiger partial charge in [0.2, 0.25) is 5.91 Å². The third-order valence-corrected chi connectivity index (χ3v) is 7.91. The van der Waals surface area contributed by atoms with Crippen molar-refractivity contribution in [2.24, 2.45) is 17.3 Å². The number of aromatic nitrogens is 3. The van der Waals surface area contributed by atoms with E-state index in [9.17, 15) is 9.59 Å². The van der Waals surface area contributed by atoms with E-state index in [2.05, 4.69) is 25.4 Å². The lowest BCUT2D eigenvalue weighted by Crippen LogP contribution is -2.43. The number of anilines is 1. The van der Waals surface area contributed by atoms with Crippen molar-refractivity contribution in [1.82, 2.24) is 25.4 Å². The van der Waals surface area contributed by atoms with E-state index in [4.69, 9.17) is 4.42 Å². The number of piperidine rings is 1. The fourth-order valence-corrected chi connectivity index (χ4v) is 5.69. The highest BCUT2D eigenvalue weighted by Crippen LogP contribution is 2.59. The van der Waals surface area contributed by atoms with Gasteiger partial charge in [-0.25, -0.2) is 0 Å². The van der Waals surface area contributed by atoms with E-state index < -0.39 is 0 Å². The monoisotopic (exact) mass is 460 g/mol. The summed E-state index contributed by atoms with van der Waals surface area (Å²) in [4.78, 5) is 33.9. The summed E-state index contributed by atoms with van der Waals surface area (Å²) in [6, 6.07) is 7.42. The molecule has 1 saturated carbocycles. The summed E-state index contributed by atoms with van der Waals surface area (Å²) in [6.07, 6.45) is 8.97. The van der Waals surface area contributed by atoms with Crippen LogP contribution >= 0.6 is 0 Å². The first-order chi connectivity index (χ1) is 16.6. The van der Waals surface area contributed by atoms with Gasteiger partial charge in [-0.05, 0) is 61.3 Å². The minimum absolute atomic E-state index is 0.0318. The lowest BCUT2D eigenvalue weighted by Gasteiger charge is -2.34. The molecule has 0 aromatic carbocycles. The molecule has 2 amide bonds. The smallest absolute Gasteiger partial charge is 0.287 e. The van der Waals surface area contributed by atoms with Crippen LogP contribution in [0.5, 0.6) is 0 Å². The van der Waals surface area contributed by atoms with Gasteiger partial charge in [0.15, 0.2) is 17.2 Å². The molecule has 2 aliphatic heterocycles. The Labute approximate surface area is 197 Å². The summed E-state index contributed by atoms with van der Waals surface area (Å²) in [6.45, 7) is 3.82. The Morgan fingerprint density at radius 1 is 1.18 bits per heavy atom. The van der Waals surface area contributed by atoms with E-state index in [0.717, 1.165) is 56.5 Å². The second-order valence-electron chi connectivity index (χ2n) is 9.84. The van der Waals surface area contributed by atoms with Crippen LogP contribution in [0.1, 0.15) is 36.2 Å². The fourth-order valence-electron chi connectivity index (χ4n) is 5.69. The second kappa shape index (κ2) is 8.38. The van der Waals surface area contributed by atoms with E-state index in [0.29, 0.717) is 30.4 Å². The number of amides is 2. The van der Waals surface area contributed by atoms with Crippen molar-refractivity contribution in [1.29, 1.82) is 0 Å². The number of nitrogens with one attached hydrogen (secondary N) is 1. The number of furan rings is 1. The molecule has 1 spiro atoms. The molecule has 1 aliphatic carbocycles. The van der Waals surface area contributed by atoms with Gasteiger partial charge in [-0.15, -0.1) is 5.10 Å². The molecule has 34 heavy (non-hydrogen) atoms. The molecule has 0 bridgehead atoms. The number of carbonyl (C=O) groups excluding carboxylic acids is 2. The van der Waals surface area contributed by atoms with Crippen LogP contribution in [0, 0.1) is 17.3 Å². The SMILES string of the molecule is O=C(NCC1CC12CCN(C(=O)C1CCN(c3cccnn3)C1)CC2)c1cc2ccncc2o1. The molecule has 3 aromatic heterocycles. The number of rotatable bonds is 5. The van der Waals surface area contributed by atoms with Crippen molar-refractivity contribution >= 4 is 28.6 Å². The predicted molar refractivity (Wildman–Crippen MR) is 125 cm³/mol. The molecule has 3 aliphatic rings. The summed E-state index contributed by atoms with van der Waals surface area (Å²) < 4.78 is 5.61. The molecule has 176 valence electrons. The maximum absolute atomic E-state index is 13.1. The molecule has 3 aromatic rings. The molecule has 5 heterocycles. The van der Waals surface area contributed by atoms with Gasteiger partial charge in [0.05, 0.1) is 12.1 Å². The Balaban J connectivity index is 0.978. The minimum atomic E-state index is -0.181. The van der Waals surface area contributed by atoms with Gasteiger partial charge >= 0.3 is 0 Å². The Morgan fingerprint density at radius 3 is 2.85 bits per heavy atom. The van der Waals surface area contributed by atoms with Crippen LogP contribution in [0.3, 0.4) is 0 Å². The third kappa shape index (κ3) is 3.89. The quantitative estimate of drug-likeness (QED) is 0.624. The van der Waals surface area contributed by atoms with Gasteiger partial charge < -0.3 is 19.5 Å². The molecule has 0 radical (unpaired) electrons. The molecular formula is C25H28N6O3. The predicted octanol–water partition coefficient (Wildman–Crippen LogP) is 2.50. The van der Waals surface area contributed by atoms with Crippen molar-refractivity contribution in [3.05, 3.63) is 48.6 Å². The van der Waals surface area contributed by atoms with Gasteiger partial charge in [-0.2, -0.15) is 5.10 Å². The summed E-state index contributed by atoms with van der Waals surface area (Å²) in [5.41, 5.74) is 0.887. The van der Waals surface area contributed by atoms with Crippen LogP contribution in [0.25, 0.3) is 11.0 Å². The van der Waals surface area contributed by atoms with Gasteiger partial charge in [0.1, 0.15) is 0 Å². The lowest BCUT2D eigenvalue weighted by atomic mass is 9.90. The van der Waals surface area contributed by atoms with Crippen molar-refractivity contribution in [3.63, 3.8) is 0 Å². The molecule has 2 unspecified atom stereocenters. The van der Waals surface area contributed by atoms with E-state index in [1.807, 2.05) is 23.1 Å². The zero-order chi connectivity index (χ0) is 23.1. The number of hydrogen-bond acceptors (Lipinski definition) is 7. The van der Waals surface area contributed by atoms with Crippen LogP contribution in [0.15, 0.2) is 47.3 Å². The highest BCUT2D eigenvalue weighted by atomic mass is 16.3. The normalized spacial score (nSPS) is 23.4. The first-order valence-corrected chi connectivity index (χ1v) is 12.0. The Kier molecular flexibility index (Phi) is 5.19. The first kappa shape index (κ1) is 21.1. The minimum Gasteiger partial charge on any atom is -0.449 e. The summed E-state index contributed by atoms with van der Waals surface area (Å²) >= 11 is 0. The Hall–Kier alpha value is -3.49. The van der Waals surface area contributed by atoms with E-state index >= 15 is 0 Å². The maximum atomic E-state index is 13.1. The zero-order valence-electron chi connectivity index (χ0n) is 19.0. The molecule has 9 heteroatoms. The number of fused-ring (bicyclic) bond motifs is 1. The molecule has 9 nitrogen and oxygen atoms in total.